The van der Waals surface area contributed by atoms with E-state index in [1.165, 1.54) is 24.1 Å². The number of anilines is 1. The number of aryl methyl sites for hydroxylation is 1. The normalized spacial score (nSPS) is 11.4. The zero-order valence-corrected chi connectivity index (χ0v) is 14.0. The Morgan fingerprint density at radius 1 is 1.25 bits per heavy atom. The van der Waals surface area contributed by atoms with Gasteiger partial charge in [0, 0.05) is 42.8 Å². The van der Waals surface area contributed by atoms with E-state index in [2.05, 4.69) is 62.9 Å². The summed E-state index contributed by atoms with van der Waals surface area (Å²) in [4.78, 5) is 6.88. The van der Waals surface area contributed by atoms with Crippen molar-refractivity contribution in [2.75, 3.05) is 18.5 Å². The molecular formula is C17H31N3. The van der Waals surface area contributed by atoms with Crippen LogP contribution in [0, 0.1) is 12.8 Å². The van der Waals surface area contributed by atoms with Crippen LogP contribution in [0.15, 0.2) is 12.3 Å². The highest BCUT2D eigenvalue weighted by atomic mass is 15.1. The van der Waals surface area contributed by atoms with Crippen LogP contribution in [0.5, 0.6) is 0 Å². The molecule has 0 amide bonds. The van der Waals surface area contributed by atoms with Crippen molar-refractivity contribution in [2.45, 2.75) is 60.0 Å². The molecule has 0 atom stereocenters. The number of pyridine rings is 1. The highest BCUT2D eigenvalue weighted by Gasteiger charge is 2.15. The van der Waals surface area contributed by atoms with E-state index >= 15 is 0 Å². The van der Waals surface area contributed by atoms with E-state index in [0.717, 1.165) is 18.8 Å². The Kier molecular flexibility index (Phi) is 7.00. The molecule has 0 unspecified atom stereocenters. The van der Waals surface area contributed by atoms with Crippen LogP contribution in [0.1, 0.15) is 51.8 Å². The van der Waals surface area contributed by atoms with Gasteiger partial charge >= 0.3 is 0 Å². The lowest BCUT2D eigenvalue weighted by atomic mass is 10.1. The first kappa shape index (κ1) is 17.0. The molecule has 0 aromatic carbocycles. The number of aromatic nitrogens is 1. The van der Waals surface area contributed by atoms with Crippen LogP contribution in [-0.4, -0.2) is 24.6 Å². The summed E-state index contributed by atoms with van der Waals surface area (Å²) in [5.41, 5.74) is 3.71. The summed E-state index contributed by atoms with van der Waals surface area (Å²) < 4.78 is 0. The first-order valence-electron chi connectivity index (χ1n) is 7.88. The molecule has 3 heteroatoms. The molecule has 0 bridgehead atoms. The summed E-state index contributed by atoms with van der Waals surface area (Å²) in [5, 5.41) is 3.52. The minimum Gasteiger partial charge on any atom is -0.371 e. The molecule has 0 aliphatic carbocycles. The first-order valence-corrected chi connectivity index (χ1v) is 7.88. The Labute approximate surface area is 124 Å². The van der Waals surface area contributed by atoms with Crippen LogP contribution in [0.4, 0.5) is 5.69 Å². The standard InChI is InChI=1S/C17H31N3/c1-7-16(8-2)20(6)17-9-14(5)19-12-15(17)11-18-10-13(3)4/h9,12-13,16,18H,7-8,10-11H2,1-6H3. The van der Waals surface area contributed by atoms with Gasteiger partial charge < -0.3 is 10.2 Å². The van der Waals surface area contributed by atoms with Crippen LogP contribution in [0.2, 0.25) is 0 Å². The molecule has 0 saturated heterocycles. The van der Waals surface area contributed by atoms with Gasteiger partial charge in [-0.25, -0.2) is 0 Å². The van der Waals surface area contributed by atoms with Crippen molar-refractivity contribution in [2.24, 2.45) is 5.92 Å². The van der Waals surface area contributed by atoms with Crippen LogP contribution in [0.3, 0.4) is 0 Å². The fourth-order valence-corrected chi connectivity index (χ4v) is 2.57. The van der Waals surface area contributed by atoms with Crippen molar-refractivity contribution in [1.82, 2.24) is 10.3 Å². The van der Waals surface area contributed by atoms with Gasteiger partial charge in [-0.3, -0.25) is 4.98 Å². The molecule has 0 aliphatic rings. The minimum atomic E-state index is 0.598. The van der Waals surface area contributed by atoms with E-state index in [1.807, 2.05) is 6.20 Å². The van der Waals surface area contributed by atoms with Crippen LogP contribution in [0.25, 0.3) is 0 Å². The van der Waals surface area contributed by atoms with Gasteiger partial charge in [-0.2, -0.15) is 0 Å². The molecule has 1 rings (SSSR count). The van der Waals surface area contributed by atoms with Crippen LogP contribution < -0.4 is 10.2 Å². The van der Waals surface area contributed by atoms with Gasteiger partial charge in [0.15, 0.2) is 0 Å². The van der Waals surface area contributed by atoms with Crippen molar-refractivity contribution in [3.63, 3.8) is 0 Å². The van der Waals surface area contributed by atoms with Gasteiger partial charge in [0.2, 0.25) is 0 Å². The third-order valence-electron chi connectivity index (χ3n) is 3.84. The maximum atomic E-state index is 4.46. The van der Waals surface area contributed by atoms with Gasteiger partial charge in [-0.1, -0.05) is 27.7 Å². The topological polar surface area (TPSA) is 28.2 Å². The summed E-state index contributed by atoms with van der Waals surface area (Å²) in [6, 6.07) is 2.81. The van der Waals surface area contributed by atoms with E-state index in [0.29, 0.717) is 12.0 Å². The van der Waals surface area contributed by atoms with Gasteiger partial charge in [0.1, 0.15) is 0 Å². The van der Waals surface area contributed by atoms with E-state index in [4.69, 9.17) is 0 Å². The zero-order valence-electron chi connectivity index (χ0n) is 14.0. The maximum Gasteiger partial charge on any atom is 0.0445 e. The third-order valence-corrected chi connectivity index (χ3v) is 3.84. The van der Waals surface area contributed by atoms with Crippen molar-refractivity contribution in [1.29, 1.82) is 0 Å². The predicted molar refractivity (Wildman–Crippen MR) is 88.3 cm³/mol. The summed E-state index contributed by atoms with van der Waals surface area (Å²) in [5.74, 6) is 0.675. The van der Waals surface area contributed by atoms with Crippen molar-refractivity contribution >= 4 is 5.69 Å². The largest absolute Gasteiger partial charge is 0.371 e. The number of hydrogen-bond donors (Lipinski definition) is 1. The molecule has 20 heavy (non-hydrogen) atoms. The lowest BCUT2D eigenvalue weighted by Crippen LogP contribution is -2.32. The summed E-state index contributed by atoms with van der Waals surface area (Å²) in [6.07, 6.45) is 4.37. The average molecular weight is 277 g/mol. The van der Waals surface area contributed by atoms with Gasteiger partial charge in [0.05, 0.1) is 0 Å². The Bertz CT molecular complexity index is 397. The van der Waals surface area contributed by atoms with Gasteiger partial charge in [-0.05, 0) is 38.3 Å². The van der Waals surface area contributed by atoms with E-state index < -0.39 is 0 Å². The number of hydrogen-bond acceptors (Lipinski definition) is 3. The van der Waals surface area contributed by atoms with Gasteiger partial charge in [0.25, 0.3) is 0 Å². The van der Waals surface area contributed by atoms with E-state index in [9.17, 15) is 0 Å². The molecule has 3 nitrogen and oxygen atoms in total. The fourth-order valence-electron chi connectivity index (χ4n) is 2.57. The zero-order chi connectivity index (χ0) is 15.1. The highest BCUT2D eigenvalue weighted by molar-refractivity contribution is 5.53. The molecular weight excluding hydrogens is 246 g/mol. The smallest absolute Gasteiger partial charge is 0.0445 e. The van der Waals surface area contributed by atoms with Crippen molar-refractivity contribution in [3.05, 3.63) is 23.5 Å². The average Bonchev–Trinajstić information content (AvgIpc) is 2.41. The minimum absolute atomic E-state index is 0.598. The Morgan fingerprint density at radius 3 is 2.45 bits per heavy atom. The second kappa shape index (κ2) is 8.25. The van der Waals surface area contributed by atoms with Crippen molar-refractivity contribution < 1.29 is 0 Å². The molecule has 0 fully saturated rings. The lowest BCUT2D eigenvalue weighted by molar-refractivity contribution is 0.548. The Morgan fingerprint density at radius 2 is 1.90 bits per heavy atom. The monoisotopic (exact) mass is 277 g/mol. The van der Waals surface area contributed by atoms with E-state index in [1.54, 1.807) is 0 Å². The highest BCUT2D eigenvalue weighted by Crippen LogP contribution is 2.23. The predicted octanol–water partition coefficient (Wildman–Crippen LogP) is 3.76. The first-order chi connectivity index (χ1) is 9.49. The number of nitrogens with zero attached hydrogens (tertiary/aromatic N) is 2. The second-order valence-electron chi connectivity index (χ2n) is 6.06. The summed E-state index contributed by atoms with van der Waals surface area (Å²) >= 11 is 0. The third kappa shape index (κ3) is 4.78. The van der Waals surface area contributed by atoms with Crippen LogP contribution >= 0.6 is 0 Å². The molecule has 114 valence electrons. The molecule has 0 aliphatic heterocycles. The molecule has 0 radical (unpaired) electrons. The number of rotatable bonds is 8. The summed E-state index contributed by atoms with van der Waals surface area (Å²) in [7, 11) is 2.21. The van der Waals surface area contributed by atoms with Crippen LogP contribution in [-0.2, 0) is 6.54 Å². The SMILES string of the molecule is CCC(CC)N(C)c1cc(C)ncc1CNCC(C)C. The molecule has 1 heterocycles. The molecule has 1 N–H and O–H groups in total. The molecule has 0 saturated carbocycles. The molecule has 1 aromatic heterocycles. The quantitative estimate of drug-likeness (QED) is 0.784. The molecule has 1 aromatic rings. The lowest BCUT2D eigenvalue weighted by Gasteiger charge is -2.30. The van der Waals surface area contributed by atoms with E-state index in [-0.39, 0.29) is 0 Å². The second-order valence-corrected chi connectivity index (χ2v) is 6.06. The Balaban J connectivity index is 2.89. The van der Waals surface area contributed by atoms with Crippen molar-refractivity contribution in [3.8, 4) is 0 Å². The molecule has 0 spiro atoms. The summed E-state index contributed by atoms with van der Waals surface area (Å²) in [6.45, 7) is 13.0. The number of nitrogens with one attached hydrogen (secondary N) is 1. The van der Waals surface area contributed by atoms with Gasteiger partial charge in [-0.15, -0.1) is 0 Å². The maximum absolute atomic E-state index is 4.46. The Hall–Kier alpha value is -1.09. The fraction of sp³-hybridized carbons (Fsp3) is 0.706.